The topological polar surface area (TPSA) is 73.5 Å². The summed E-state index contributed by atoms with van der Waals surface area (Å²) in [6, 6.07) is -0.0472. The molecule has 0 bridgehead atoms. The van der Waals surface area contributed by atoms with Crippen LogP contribution >= 0.6 is 0 Å². The van der Waals surface area contributed by atoms with Crippen molar-refractivity contribution in [1.82, 2.24) is 20.9 Å². The number of likely N-dealkylation sites (N-methyl/N-ethyl adjacent to an activating group) is 1. The molecule has 6 heteroatoms. The highest BCUT2D eigenvalue weighted by Gasteiger charge is 2.23. The Morgan fingerprint density at radius 1 is 1.35 bits per heavy atom. The van der Waals surface area contributed by atoms with Crippen LogP contribution in [0.15, 0.2) is 0 Å². The van der Waals surface area contributed by atoms with Gasteiger partial charge >= 0.3 is 6.03 Å². The Hall–Kier alpha value is -1.14. The third-order valence-corrected chi connectivity index (χ3v) is 2.52. The molecule has 0 aromatic heterocycles. The maximum Gasteiger partial charge on any atom is 0.321 e. The number of hydrogen-bond acceptors (Lipinski definition) is 4. The predicted molar refractivity (Wildman–Crippen MR) is 65.7 cm³/mol. The Bertz CT molecular complexity index is 294. The van der Waals surface area contributed by atoms with E-state index in [1.807, 2.05) is 32.7 Å². The largest absolute Gasteiger partial charge is 0.333 e. The van der Waals surface area contributed by atoms with Crippen LogP contribution < -0.4 is 16.0 Å². The second-order valence-electron chi connectivity index (χ2n) is 5.48. The zero-order chi connectivity index (χ0) is 13.1. The van der Waals surface area contributed by atoms with E-state index in [9.17, 15) is 9.59 Å². The molecule has 0 spiro atoms. The van der Waals surface area contributed by atoms with Crippen LogP contribution in [-0.4, -0.2) is 55.1 Å². The summed E-state index contributed by atoms with van der Waals surface area (Å²) in [7, 11) is 1.88. The third kappa shape index (κ3) is 5.14. The van der Waals surface area contributed by atoms with Gasteiger partial charge in [-0.25, -0.2) is 4.79 Å². The van der Waals surface area contributed by atoms with Gasteiger partial charge in [-0.3, -0.25) is 15.0 Å². The first-order valence-corrected chi connectivity index (χ1v) is 5.81. The van der Waals surface area contributed by atoms with Crippen molar-refractivity contribution in [1.29, 1.82) is 0 Å². The minimum atomic E-state index is -0.442. The minimum Gasteiger partial charge on any atom is -0.333 e. The van der Waals surface area contributed by atoms with E-state index in [2.05, 4.69) is 16.0 Å². The van der Waals surface area contributed by atoms with E-state index in [4.69, 9.17) is 0 Å². The van der Waals surface area contributed by atoms with Crippen molar-refractivity contribution in [3.05, 3.63) is 0 Å². The van der Waals surface area contributed by atoms with Gasteiger partial charge in [0.15, 0.2) is 0 Å². The number of nitrogens with zero attached hydrogens (tertiary/aromatic N) is 1. The molecule has 0 unspecified atom stereocenters. The molecule has 0 aromatic carbocycles. The van der Waals surface area contributed by atoms with Crippen molar-refractivity contribution in [3.8, 4) is 0 Å². The molecular weight excluding hydrogens is 220 g/mol. The summed E-state index contributed by atoms with van der Waals surface area (Å²) in [5.74, 6) is -0.277. The standard InChI is InChI=1S/C11H22N4O2/c1-11(2,3)14-10(17)13-9(16)7-15(4)8-5-12-6-8/h8,12H,5-7H2,1-4H3,(H2,13,14,16,17). The number of carbonyl (C=O) groups excluding carboxylic acids is 2. The van der Waals surface area contributed by atoms with E-state index in [0.717, 1.165) is 13.1 Å². The average molecular weight is 242 g/mol. The molecule has 1 rings (SSSR count). The number of amides is 3. The van der Waals surface area contributed by atoms with Crippen molar-refractivity contribution < 1.29 is 9.59 Å². The second-order valence-corrected chi connectivity index (χ2v) is 5.48. The van der Waals surface area contributed by atoms with Gasteiger partial charge in [0.05, 0.1) is 6.54 Å². The number of carbonyl (C=O) groups is 2. The first-order chi connectivity index (χ1) is 7.78. The molecule has 0 aromatic rings. The number of urea groups is 1. The minimum absolute atomic E-state index is 0.240. The third-order valence-electron chi connectivity index (χ3n) is 2.52. The lowest BCUT2D eigenvalue weighted by Gasteiger charge is -2.35. The fourth-order valence-electron chi connectivity index (χ4n) is 1.48. The van der Waals surface area contributed by atoms with E-state index < -0.39 is 6.03 Å². The van der Waals surface area contributed by atoms with Crippen LogP contribution in [0.1, 0.15) is 20.8 Å². The molecule has 3 N–H and O–H groups in total. The first-order valence-electron chi connectivity index (χ1n) is 5.81. The molecule has 0 radical (unpaired) electrons. The van der Waals surface area contributed by atoms with Crippen molar-refractivity contribution in [2.24, 2.45) is 0 Å². The van der Waals surface area contributed by atoms with E-state index in [0.29, 0.717) is 6.04 Å². The monoisotopic (exact) mass is 242 g/mol. The maximum absolute atomic E-state index is 11.6. The molecule has 98 valence electrons. The lowest BCUT2D eigenvalue weighted by Crippen LogP contribution is -2.58. The fraction of sp³-hybridized carbons (Fsp3) is 0.818. The van der Waals surface area contributed by atoms with E-state index in [-0.39, 0.29) is 18.0 Å². The summed E-state index contributed by atoms with van der Waals surface area (Å²) >= 11 is 0. The summed E-state index contributed by atoms with van der Waals surface area (Å²) in [6.45, 7) is 7.63. The summed E-state index contributed by atoms with van der Waals surface area (Å²) in [6.07, 6.45) is 0. The smallest absolute Gasteiger partial charge is 0.321 e. The van der Waals surface area contributed by atoms with Crippen molar-refractivity contribution in [2.45, 2.75) is 32.4 Å². The highest BCUT2D eigenvalue weighted by atomic mass is 16.2. The van der Waals surface area contributed by atoms with Crippen LogP contribution in [-0.2, 0) is 4.79 Å². The predicted octanol–water partition coefficient (Wildman–Crippen LogP) is -0.486. The molecule has 0 aliphatic carbocycles. The zero-order valence-electron chi connectivity index (χ0n) is 11.0. The molecular formula is C11H22N4O2. The van der Waals surface area contributed by atoms with Gasteiger partial charge in [0.25, 0.3) is 0 Å². The highest BCUT2D eigenvalue weighted by Crippen LogP contribution is 2.01. The molecule has 0 saturated carbocycles. The summed E-state index contributed by atoms with van der Waals surface area (Å²) < 4.78 is 0. The number of rotatable bonds is 3. The van der Waals surface area contributed by atoms with Crippen LogP contribution in [0.3, 0.4) is 0 Å². The first kappa shape index (κ1) is 13.9. The lowest BCUT2D eigenvalue weighted by molar-refractivity contribution is -0.121. The highest BCUT2D eigenvalue weighted by molar-refractivity contribution is 5.95. The molecule has 1 heterocycles. The van der Waals surface area contributed by atoms with E-state index in [1.165, 1.54) is 0 Å². The van der Waals surface area contributed by atoms with Gasteiger partial charge < -0.3 is 10.6 Å². The molecule has 6 nitrogen and oxygen atoms in total. The van der Waals surface area contributed by atoms with Crippen LogP contribution in [0.4, 0.5) is 4.79 Å². The molecule has 1 fully saturated rings. The Kier molecular flexibility index (Phi) is 4.47. The molecule has 17 heavy (non-hydrogen) atoms. The Balaban J connectivity index is 2.26. The number of imide groups is 1. The Morgan fingerprint density at radius 3 is 2.35 bits per heavy atom. The van der Waals surface area contributed by atoms with Crippen LogP contribution in [0.5, 0.6) is 0 Å². The SMILES string of the molecule is CN(CC(=O)NC(=O)NC(C)(C)C)C1CNC1. The van der Waals surface area contributed by atoms with Crippen LogP contribution in [0.25, 0.3) is 0 Å². The van der Waals surface area contributed by atoms with Gasteiger partial charge in [0, 0.05) is 24.7 Å². The molecule has 3 amide bonds. The van der Waals surface area contributed by atoms with Crippen molar-refractivity contribution in [2.75, 3.05) is 26.7 Å². The Morgan fingerprint density at radius 2 is 1.94 bits per heavy atom. The lowest BCUT2D eigenvalue weighted by atomic mass is 10.1. The van der Waals surface area contributed by atoms with Gasteiger partial charge in [-0.2, -0.15) is 0 Å². The number of hydrogen-bond donors (Lipinski definition) is 3. The molecule has 1 aliphatic rings. The maximum atomic E-state index is 11.6. The second kappa shape index (κ2) is 5.46. The van der Waals surface area contributed by atoms with E-state index >= 15 is 0 Å². The van der Waals surface area contributed by atoms with Crippen molar-refractivity contribution in [3.63, 3.8) is 0 Å². The summed E-state index contributed by atoms with van der Waals surface area (Å²) in [5.41, 5.74) is -0.339. The molecule has 1 saturated heterocycles. The van der Waals surface area contributed by atoms with Gasteiger partial charge in [-0.15, -0.1) is 0 Å². The van der Waals surface area contributed by atoms with Gasteiger partial charge in [-0.05, 0) is 27.8 Å². The van der Waals surface area contributed by atoms with Crippen molar-refractivity contribution >= 4 is 11.9 Å². The molecule has 0 atom stereocenters. The quantitative estimate of drug-likeness (QED) is 0.624. The average Bonchev–Trinajstić information content (AvgIpc) is 1.93. The van der Waals surface area contributed by atoms with E-state index in [1.54, 1.807) is 0 Å². The van der Waals surface area contributed by atoms with Crippen LogP contribution in [0.2, 0.25) is 0 Å². The Labute approximate surface area is 102 Å². The summed E-state index contributed by atoms with van der Waals surface area (Å²) in [5, 5.41) is 8.13. The summed E-state index contributed by atoms with van der Waals surface area (Å²) in [4.78, 5) is 24.9. The zero-order valence-corrected chi connectivity index (χ0v) is 11.0. The fourth-order valence-corrected chi connectivity index (χ4v) is 1.48. The van der Waals surface area contributed by atoms with Crippen LogP contribution in [0, 0.1) is 0 Å². The normalized spacial score (nSPS) is 16.5. The molecule has 1 aliphatic heterocycles. The van der Waals surface area contributed by atoms with Gasteiger partial charge in [0.2, 0.25) is 5.91 Å². The van der Waals surface area contributed by atoms with Gasteiger partial charge in [0.1, 0.15) is 0 Å². The van der Waals surface area contributed by atoms with Gasteiger partial charge in [-0.1, -0.05) is 0 Å². The number of nitrogens with one attached hydrogen (secondary N) is 3.